The number of hydrogen-bond acceptors (Lipinski definition) is 6. The molecule has 1 aliphatic rings. The Morgan fingerprint density at radius 2 is 2.00 bits per heavy atom. The van der Waals surface area contributed by atoms with E-state index in [1.54, 1.807) is 6.92 Å². The summed E-state index contributed by atoms with van der Waals surface area (Å²) in [7, 11) is 0. The van der Waals surface area contributed by atoms with Crippen molar-refractivity contribution in [2.75, 3.05) is 32.8 Å². The van der Waals surface area contributed by atoms with Crippen molar-refractivity contribution in [3.63, 3.8) is 0 Å². The maximum Gasteiger partial charge on any atom is 0.312 e. The van der Waals surface area contributed by atoms with E-state index in [9.17, 15) is 19.2 Å². The molecule has 1 aliphatic heterocycles. The molecule has 1 saturated heterocycles. The summed E-state index contributed by atoms with van der Waals surface area (Å²) < 4.78 is 4.71. The average Bonchev–Trinajstić information content (AvgIpc) is 2.45. The second-order valence-corrected chi connectivity index (χ2v) is 4.74. The second kappa shape index (κ2) is 11.7. The van der Waals surface area contributed by atoms with E-state index in [-0.39, 0.29) is 18.3 Å². The Labute approximate surface area is 130 Å². The first kappa shape index (κ1) is 20.0. The summed E-state index contributed by atoms with van der Waals surface area (Å²) in [5.41, 5.74) is 5.24. The van der Waals surface area contributed by atoms with Gasteiger partial charge in [0.2, 0.25) is 0 Å². The molecule has 0 atom stereocenters. The first-order chi connectivity index (χ1) is 10.4. The minimum Gasteiger partial charge on any atom is -0.466 e. The Kier molecular flexibility index (Phi) is 10.6. The highest BCUT2D eigenvalue weighted by atomic mass is 16.5. The van der Waals surface area contributed by atoms with Gasteiger partial charge in [-0.3, -0.25) is 19.2 Å². The molecular formula is C14H25N3O5. The highest BCUT2D eigenvalue weighted by Crippen LogP contribution is 1.95. The van der Waals surface area contributed by atoms with Crippen molar-refractivity contribution in [3.8, 4) is 0 Å². The molecule has 0 aromatic carbocycles. The lowest BCUT2D eigenvalue weighted by Gasteiger charge is -2.24. The zero-order valence-electron chi connectivity index (χ0n) is 13.2. The zero-order chi connectivity index (χ0) is 17.0. The lowest BCUT2D eigenvalue weighted by molar-refractivity contribution is -0.149. The Bertz CT molecular complexity index is 398. The topological polar surface area (TPSA) is 119 Å². The fourth-order valence-corrected chi connectivity index (χ4v) is 1.69. The van der Waals surface area contributed by atoms with Crippen LogP contribution < -0.4 is 11.1 Å². The summed E-state index contributed by atoms with van der Waals surface area (Å²) in [4.78, 5) is 44.3. The molecule has 0 radical (unpaired) electrons. The van der Waals surface area contributed by atoms with E-state index in [0.717, 1.165) is 12.8 Å². The van der Waals surface area contributed by atoms with Crippen LogP contribution in [0.25, 0.3) is 0 Å². The summed E-state index contributed by atoms with van der Waals surface area (Å²) >= 11 is 0. The Balaban J connectivity index is 0.000000409. The highest BCUT2D eigenvalue weighted by molar-refractivity contribution is 6.35. The Morgan fingerprint density at radius 3 is 2.55 bits per heavy atom. The van der Waals surface area contributed by atoms with Crippen LogP contribution in [0.5, 0.6) is 0 Å². The van der Waals surface area contributed by atoms with Crippen LogP contribution in [0.1, 0.15) is 33.1 Å². The molecule has 1 fully saturated rings. The van der Waals surface area contributed by atoms with Gasteiger partial charge >= 0.3 is 17.8 Å². The minimum atomic E-state index is -0.623. The average molecular weight is 315 g/mol. The van der Waals surface area contributed by atoms with Crippen LogP contribution in [0.3, 0.4) is 0 Å². The van der Waals surface area contributed by atoms with Gasteiger partial charge in [0.25, 0.3) is 0 Å². The number of ketones is 1. The van der Waals surface area contributed by atoms with E-state index >= 15 is 0 Å². The number of piperazine rings is 1. The Morgan fingerprint density at radius 1 is 1.32 bits per heavy atom. The number of hydrogen-bond donors (Lipinski definition) is 2. The number of nitrogens with two attached hydrogens (primary N) is 1. The fourth-order valence-electron chi connectivity index (χ4n) is 1.69. The van der Waals surface area contributed by atoms with Gasteiger partial charge in [-0.1, -0.05) is 0 Å². The lowest BCUT2D eigenvalue weighted by atomic mass is 10.2. The van der Waals surface area contributed by atoms with Gasteiger partial charge < -0.3 is 20.7 Å². The Hall–Kier alpha value is -1.96. The van der Waals surface area contributed by atoms with Crippen LogP contribution in [0.4, 0.5) is 0 Å². The third kappa shape index (κ3) is 9.06. The monoisotopic (exact) mass is 315 g/mol. The van der Waals surface area contributed by atoms with E-state index in [1.165, 1.54) is 11.8 Å². The van der Waals surface area contributed by atoms with Crippen LogP contribution in [0.2, 0.25) is 0 Å². The molecule has 0 aromatic rings. The van der Waals surface area contributed by atoms with Crippen LogP contribution >= 0.6 is 0 Å². The predicted octanol–water partition coefficient (Wildman–Crippen LogP) is -0.788. The smallest absolute Gasteiger partial charge is 0.312 e. The number of nitrogens with one attached hydrogen (secondary N) is 1. The molecule has 8 heteroatoms. The van der Waals surface area contributed by atoms with Crippen molar-refractivity contribution in [3.05, 3.63) is 0 Å². The van der Waals surface area contributed by atoms with Crippen LogP contribution in [0, 0.1) is 0 Å². The summed E-state index contributed by atoms with van der Waals surface area (Å²) in [5.74, 6) is -1.46. The molecule has 0 unspecified atom stereocenters. The second-order valence-electron chi connectivity index (χ2n) is 4.74. The molecule has 1 heterocycles. The van der Waals surface area contributed by atoms with E-state index in [1.807, 2.05) is 0 Å². The number of rotatable bonds is 7. The van der Waals surface area contributed by atoms with Gasteiger partial charge in [0, 0.05) is 19.5 Å². The van der Waals surface area contributed by atoms with Gasteiger partial charge in [-0.15, -0.1) is 0 Å². The van der Waals surface area contributed by atoms with E-state index < -0.39 is 11.8 Å². The van der Waals surface area contributed by atoms with Gasteiger partial charge in [-0.05, 0) is 33.2 Å². The highest BCUT2D eigenvalue weighted by Gasteiger charge is 2.26. The van der Waals surface area contributed by atoms with E-state index in [2.05, 4.69) is 5.32 Å². The molecule has 3 N–H and O–H groups in total. The van der Waals surface area contributed by atoms with Gasteiger partial charge in [-0.2, -0.15) is 0 Å². The number of ether oxygens (including phenoxy) is 1. The minimum absolute atomic E-state index is 0.0340. The van der Waals surface area contributed by atoms with E-state index in [4.69, 9.17) is 10.5 Å². The summed E-state index contributed by atoms with van der Waals surface area (Å²) in [6.07, 6.45) is 2.25. The molecular weight excluding hydrogens is 290 g/mol. The molecule has 126 valence electrons. The normalized spacial score (nSPS) is 13.9. The molecule has 22 heavy (non-hydrogen) atoms. The quantitative estimate of drug-likeness (QED) is 0.361. The van der Waals surface area contributed by atoms with Crippen molar-refractivity contribution in [1.29, 1.82) is 0 Å². The van der Waals surface area contributed by atoms with E-state index in [0.29, 0.717) is 32.7 Å². The maximum atomic E-state index is 11.0. The summed E-state index contributed by atoms with van der Waals surface area (Å²) in [6, 6.07) is 0. The van der Waals surface area contributed by atoms with Gasteiger partial charge in [0.15, 0.2) is 0 Å². The van der Waals surface area contributed by atoms with Gasteiger partial charge in [0.05, 0.1) is 13.2 Å². The third-order valence-electron chi connectivity index (χ3n) is 2.70. The zero-order valence-corrected chi connectivity index (χ0v) is 13.2. The van der Waals surface area contributed by atoms with Crippen LogP contribution in [-0.2, 0) is 23.9 Å². The molecule has 8 nitrogen and oxygen atoms in total. The molecule has 2 amide bonds. The number of Topliss-reactive ketones (excluding diaryl/α,β-unsaturated/α-hetero) is 1. The fraction of sp³-hybridized carbons (Fsp3) is 0.714. The number of amides is 2. The molecule has 0 spiro atoms. The van der Waals surface area contributed by atoms with Crippen molar-refractivity contribution in [1.82, 2.24) is 10.2 Å². The summed E-state index contributed by atoms with van der Waals surface area (Å²) in [5, 5.41) is 2.39. The summed E-state index contributed by atoms with van der Waals surface area (Å²) in [6.45, 7) is 5.20. The third-order valence-corrected chi connectivity index (χ3v) is 2.70. The van der Waals surface area contributed by atoms with Crippen molar-refractivity contribution in [2.24, 2.45) is 5.73 Å². The molecule has 0 saturated carbocycles. The van der Waals surface area contributed by atoms with Gasteiger partial charge in [-0.25, -0.2) is 0 Å². The largest absolute Gasteiger partial charge is 0.466 e. The van der Waals surface area contributed by atoms with Crippen LogP contribution in [-0.4, -0.2) is 61.3 Å². The molecule has 0 bridgehead atoms. The number of nitrogens with zero attached hydrogens (tertiary/aromatic N) is 1. The SMILES string of the molecule is CC(=O)CN1CCNC(=O)C1=O.CCOC(=O)CCCCN. The number of carbonyl (C=O) groups is 4. The number of carbonyl (C=O) groups excluding carboxylic acids is 4. The molecule has 0 aliphatic carbocycles. The van der Waals surface area contributed by atoms with Crippen molar-refractivity contribution in [2.45, 2.75) is 33.1 Å². The standard InChI is InChI=1S/C7H10N2O3.C7H15NO2/c1-5(10)4-9-3-2-8-6(11)7(9)12;1-2-10-7(9)5-3-4-6-8/h2-4H2,1H3,(H,8,11);2-6,8H2,1H3. The lowest BCUT2D eigenvalue weighted by Crippen LogP contribution is -2.53. The maximum absolute atomic E-state index is 11.0. The first-order valence-electron chi connectivity index (χ1n) is 7.34. The van der Waals surface area contributed by atoms with Gasteiger partial charge in [0.1, 0.15) is 5.78 Å². The van der Waals surface area contributed by atoms with Crippen molar-refractivity contribution >= 4 is 23.6 Å². The molecule has 1 rings (SSSR count). The predicted molar refractivity (Wildman–Crippen MR) is 79.8 cm³/mol. The first-order valence-corrected chi connectivity index (χ1v) is 7.34. The van der Waals surface area contributed by atoms with Crippen molar-refractivity contribution < 1.29 is 23.9 Å². The number of unbranched alkanes of at least 4 members (excludes halogenated alkanes) is 1. The number of esters is 1. The molecule has 0 aromatic heterocycles. The van der Waals surface area contributed by atoms with Crippen LogP contribution in [0.15, 0.2) is 0 Å².